The van der Waals surface area contributed by atoms with Gasteiger partial charge in [0.15, 0.2) is 0 Å². The second-order valence-electron chi connectivity index (χ2n) is 8.46. The third-order valence-electron chi connectivity index (χ3n) is 4.79. The minimum Gasteiger partial charge on any atom is -0.444 e. The summed E-state index contributed by atoms with van der Waals surface area (Å²) in [6, 6.07) is 4.70. The quantitative estimate of drug-likeness (QED) is 0.656. The van der Waals surface area contributed by atoms with E-state index in [0.29, 0.717) is 19.6 Å². The number of carbonyl (C=O) groups is 2. The van der Waals surface area contributed by atoms with Crippen LogP contribution in [-0.2, 0) is 11.3 Å². The zero-order valence-corrected chi connectivity index (χ0v) is 19.1. The van der Waals surface area contributed by atoms with E-state index in [1.54, 1.807) is 30.3 Å². The summed E-state index contributed by atoms with van der Waals surface area (Å²) >= 11 is 3.11. The number of rotatable bonds is 4. The number of hydrogen-bond donors (Lipinski definition) is 0. The molecule has 2 amide bonds. The Labute approximate surface area is 183 Å². The molecular formula is C21H26BrFN4O3. The summed E-state index contributed by atoms with van der Waals surface area (Å²) in [5.41, 5.74) is 0.318. The van der Waals surface area contributed by atoms with Crippen LogP contribution in [0.3, 0.4) is 0 Å². The molecule has 1 aliphatic rings. The van der Waals surface area contributed by atoms with Crippen LogP contribution in [0.1, 0.15) is 49.2 Å². The first-order chi connectivity index (χ1) is 14.0. The average Bonchev–Trinajstić information content (AvgIpc) is 3.31. The number of carbonyl (C=O) groups excluding carboxylic acids is 2. The molecule has 2 heterocycles. The number of nitrogens with zero attached hydrogens (tertiary/aromatic N) is 4. The van der Waals surface area contributed by atoms with E-state index in [9.17, 15) is 14.0 Å². The molecule has 3 rings (SSSR count). The smallest absolute Gasteiger partial charge is 0.410 e. The van der Waals surface area contributed by atoms with Gasteiger partial charge in [-0.25, -0.2) is 9.18 Å². The van der Waals surface area contributed by atoms with Crippen molar-refractivity contribution in [3.8, 4) is 0 Å². The molecule has 1 fully saturated rings. The molecule has 1 aliphatic heterocycles. The van der Waals surface area contributed by atoms with Crippen molar-refractivity contribution in [1.29, 1.82) is 0 Å². The summed E-state index contributed by atoms with van der Waals surface area (Å²) in [4.78, 5) is 28.0. The topological polar surface area (TPSA) is 67.7 Å². The summed E-state index contributed by atoms with van der Waals surface area (Å²) in [6.45, 7) is 6.96. The Morgan fingerprint density at radius 3 is 2.80 bits per heavy atom. The fourth-order valence-corrected chi connectivity index (χ4v) is 3.70. The van der Waals surface area contributed by atoms with Crippen LogP contribution >= 0.6 is 15.9 Å². The molecule has 0 radical (unpaired) electrons. The van der Waals surface area contributed by atoms with Crippen LogP contribution in [-0.4, -0.2) is 57.3 Å². The van der Waals surface area contributed by atoms with E-state index in [4.69, 9.17) is 4.74 Å². The van der Waals surface area contributed by atoms with E-state index < -0.39 is 17.3 Å². The predicted molar refractivity (Wildman–Crippen MR) is 114 cm³/mol. The van der Waals surface area contributed by atoms with Gasteiger partial charge in [0.2, 0.25) is 0 Å². The lowest BCUT2D eigenvalue weighted by atomic mass is 10.2. The van der Waals surface area contributed by atoms with Crippen molar-refractivity contribution < 1.29 is 18.7 Å². The molecular weight excluding hydrogens is 455 g/mol. The Morgan fingerprint density at radius 1 is 1.37 bits per heavy atom. The van der Waals surface area contributed by atoms with Gasteiger partial charge in [-0.05, 0) is 55.3 Å². The molecule has 7 nitrogen and oxygen atoms in total. The Balaban J connectivity index is 1.61. The van der Waals surface area contributed by atoms with Crippen molar-refractivity contribution in [3.63, 3.8) is 0 Å². The normalized spacial score (nSPS) is 16.6. The van der Waals surface area contributed by atoms with E-state index >= 15 is 0 Å². The van der Waals surface area contributed by atoms with Crippen LogP contribution in [0.5, 0.6) is 0 Å². The average molecular weight is 481 g/mol. The van der Waals surface area contributed by atoms with Crippen LogP contribution in [0, 0.1) is 5.82 Å². The Morgan fingerprint density at radius 2 is 2.10 bits per heavy atom. The van der Waals surface area contributed by atoms with Gasteiger partial charge in [0, 0.05) is 38.4 Å². The molecule has 0 bridgehead atoms. The predicted octanol–water partition coefficient (Wildman–Crippen LogP) is 4.24. The van der Waals surface area contributed by atoms with Crippen molar-refractivity contribution >= 4 is 27.9 Å². The molecule has 1 aromatic carbocycles. The van der Waals surface area contributed by atoms with Gasteiger partial charge in [-0.3, -0.25) is 9.48 Å². The van der Waals surface area contributed by atoms with E-state index in [1.807, 2.05) is 31.6 Å². The highest BCUT2D eigenvalue weighted by Gasteiger charge is 2.31. The van der Waals surface area contributed by atoms with Crippen molar-refractivity contribution in [3.05, 3.63) is 52.0 Å². The Hall–Kier alpha value is -2.42. The highest BCUT2D eigenvalue weighted by atomic mass is 79.9. The van der Waals surface area contributed by atoms with Gasteiger partial charge < -0.3 is 14.5 Å². The lowest BCUT2D eigenvalue weighted by Gasteiger charge is -2.24. The summed E-state index contributed by atoms with van der Waals surface area (Å²) in [5.74, 6) is -0.975. The minimum absolute atomic E-state index is 0.0167. The van der Waals surface area contributed by atoms with Gasteiger partial charge >= 0.3 is 6.09 Å². The molecule has 30 heavy (non-hydrogen) atoms. The van der Waals surface area contributed by atoms with Gasteiger partial charge in [0.05, 0.1) is 22.3 Å². The third kappa shape index (κ3) is 5.19. The molecule has 0 spiro atoms. The van der Waals surface area contributed by atoms with Gasteiger partial charge in [-0.1, -0.05) is 6.07 Å². The molecule has 1 unspecified atom stereocenters. The van der Waals surface area contributed by atoms with E-state index in [-0.39, 0.29) is 22.2 Å². The molecule has 1 saturated heterocycles. The zero-order valence-electron chi connectivity index (χ0n) is 17.6. The number of hydrogen-bond acceptors (Lipinski definition) is 4. The van der Waals surface area contributed by atoms with E-state index in [1.165, 1.54) is 11.0 Å². The lowest BCUT2D eigenvalue weighted by molar-refractivity contribution is 0.0288. The largest absolute Gasteiger partial charge is 0.444 e. The van der Waals surface area contributed by atoms with Crippen LogP contribution < -0.4 is 0 Å². The maximum Gasteiger partial charge on any atom is 0.410 e. The molecule has 9 heteroatoms. The molecule has 2 aromatic rings. The first-order valence-corrected chi connectivity index (χ1v) is 10.5. The van der Waals surface area contributed by atoms with Gasteiger partial charge in [-0.15, -0.1) is 0 Å². The highest BCUT2D eigenvalue weighted by molar-refractivity contribution is 9.10. The monoisotopic (exact) mass is 480 g/mol. The SMILES string of the molecule is CN(Cc1cnn(C2CCN(C(=O)OC(C)(C)C)C2)c1)C(=O)c1cccc(Br)c1F. The zero-order chi connectivity index (χ0) is 22.1. The second kappa shape index (κ2) is 8.75. The second-order valence-corrected chi connectivity index (χ2v) is 9.31. The maximum absolute atomic E-state index is 14.2. The van der Waals surface area contributed by atoms with Crippen LogP contribution in [0.25, 0.3) is 0 Å². The first-order valence-electron chi connectivity index (χ1n) is 9.75. The van der Waals surface area contributed by atoms with Crippen molar-refractivity contribution in [2.24, 2.45) is 0 Å². The van der Waals surface area contributed by atoms with Crippen LogP contribution in [0.2, 0.25) is 0 Å². The molecule has 0 aliphatic carbocycles. The number of likely N-dealkylation sites (tertiary alicyclic amines) is 1. The van der Waals surface area contributed by atoms with E-state index in [0.717, 1.165) is 12.0 Å². The summed E-state index contributed by atoms with van der Waals surface area (Å²) in [7, 11) is 1.62. The fourth-order valence-electron chi connectivity index (χ4n) is 3.33. The van der Waals surface area contributed by atoms with Gasteiger partial charge in [0.25, 0.3) is 5.91 Å². The maximum atomic E-state index is 14.2. The lowest BCUT2D eigenvalue weighted by Crippen LogP contribution is -2.35. The third-order valence-corrected chi connectivity index (χ3v) is 5.41. The molecule has 0 N–H and O–H groups in total. The standard InChI is InChI=1S/C21H26BrFN4O3/c1-21(2,3)30-20(29)26-9-8-15(13-26)27-12-14(10-24-27)11-25(4)19(28)16-6-5-7-17(22)18(16)23/h5-7,10,12,15H,8-9,11,13H2,1-4H3. The van der Waals surface area contributed by atoms with Crippen LogP contribution in [0.4, 0.5) is 9.18 Å². The summed E-state index contributed by atoms with van der Waals surface area (Å²) < 4.78 is 21.7. The Bertz CT molecular complexity index is 941. The van der Waals surface area contributed by atoms with E-state index in [2.05, 4.69) is 21.0 Å². The highest BCUT2D eigenvalue weighted by Crippen LogP contribution is 2.24. The van der Waals surface area contributed by atoms with Crippen molar-refractivity contribution in [2.45, 2.75) is 45.4 Å². The molecule has 1 atom stereocenters. The van der Waals surface area contributed by atoms with Crippen LogP contribution in [0.15, 0.2) is 35.1 Å². The fraction of sp³-hybridized carbons (Fsp3) is 0.476. The minimum atomic E-state index is -0.571. The molecule has 1 aromatic heterocycles. The molecule has 162 valence electrons. The van der Waals surface area contributed by atoms with Gasteiger partial charge in [-0.2, -0.15) is 5.10 Å². The summed E-state index contributed by atoms with van der Waals surface area (Å²) in [5, 5.41) is 4.40. The number of aromatic nitrogens is 2. The van der Waals surface area contributed by atoms with Crippen molar-refractivity contribution in [2.75, 3.05) is 20.1 Å². The number of halogens is 2. The number of ether oxygens (including phenoxy) is 1. The number of amides is 2. The summed E-state index contributed by atoms with van der Waals surface area (Å²) in [6.07, 6.45) is 4.01. The number of benzene rings is 1. The van der Waals surface area contributed by atoms with Gasteiger partial charge in [0.1, 0.15) is 11.4 Å². The molecule has 0 saturated carbocycles. The van der Waals surface area contributed by atoms with Crippen molar-refractivity contribution in [1.82, 2.24) is 19.6 Å². The Kier molecular flexibility index (Phi) is 6.50. The first kappa shape index (κ1) is 22.3.